The van der Waals surface area contributed by atoms with Crippen molar-refractivity contribution >= 4 is 23.2 Å². The Morgan fingerprint density at radius 1 is 1.03 bits per heavy atom. The number of hydrogen-bond donors (Lipinski definition) is 1. The SMILES string of the molecule is CCc1ccc(NC(=O)CN2C(=O)C(c3ccccc3)=NC23CCCCC3)cc1. The average Bonchev–Trinajstić information content (AvgIpc) is 3.01. The van der Waals surface area contributed by atoms with E-state index in [4.69, 9.17) is 4.99 Å². The minimum absolute atomic E-state index is 0.0220. The van der Waals surface area contributed by atoms with Crippen molar-refractivity contribution in [3.63, 3.8) is 0 Å². The third kappa shape index (κ3) is 3.95. The van der Waals surface area contributed by atoms with Crippen LogP contribution >= 0.6 is 0 Å². The third-order valence-electron chi connectivity index (χ3n) is 5.92. The Kier molecular flexibility index (Phi) is 5.47. The highest BCUT2D eigenvalue weighted by molar-refractivity contribution is 6.47. The molecule has 2 aliphatic rings. The molecule has 5 nitrogen and oxygen atoms in total. The molecule has 0 aromatic heterocycles. The molecule has 5 heteroatoms. The van der Waals surface area contributed by atoms with Gasteiger partial charge in [-0.25, -0.2) is 0 Å². The number of nitrogens with one attached hydrogen (secondary N) is 1. The summed E-state index contributed by atoms with van der Waals surface area (Å²) in [5, 5.41) is 2.93. The molecule has 150 valence electrons. The lowest BCUT2D eigenvalue weighted by atomic mass is 9.88. The van der Waals surface area contributed by atoms with E-state index in [1.165, 1.54) is 5.56 Å². The number of anilines is 1. The Bertz CT molecular complexity index is 913. The molecule has 1 aliphatic carbocycles. The maximum Gasteiger partial charge on any atom is 0.275 e. The van der Waals surface area contributed by atoms with Crippen molar-refractivity contribution in [2.24, 2.45) is 4.99 Å². The Balaban J connectivity index is 1.54. The summed E-state index contributed by atoms with van der Waals surface area (Å²) >= 11 is 0. The number of aliphatic imine (C=N–C) groups is 1. The molecule has 2 aromatic carbocycles. The van der Waals surface area contributed by atoms with Gasteiger partial charge in [-0.3, -0.25) is 14.6 Å². The van der Waals surface area contributed by atoms with Gasteiger partial charge in [0.25, 0.3) is 5.91 Å². The molecule has 0 bridgehead atoms. The largest absolute Gasteiger partial charge is 0.325 e. The smallest absolute Gasteiger partial charge is 0.275 e. The molecule has 2 aromatic rings. The van der Waals surface area contributed by atoms with Gasteiger partial charge in [0.05, 0.1) is 0 Å². The van der Waals surface area contributed by atoms with Gasteiger partial charge >= 0.3 is 0 Å². The van der Waals surface area contributed by atoms with E-state index in [-0.39, 0.29) is 18.4 Å². The second kappa shape index (κ2) is 8.19. The monoisotopic (exact) mass is 389 g/mol. The standard InChI is InChI=1S/C24H27N3O2/c1-2-18-11-13-20(14-12-18)25-21(28)17-27-23(29)22(19-9-5-3-6-10-19)26-24(27)15-7-4-8-16-24/h3,5-6,9-14H,2,4,7-8,15-17H2,1H3,(H,25,28). The fourth-order valence-electron chi connectivity index (χ4n) is 4.30. The molecule has 2 amide bonds. The molecule has 4 rings (SSSR count). The van der Waals surface area contributed by atoms with Crippen molar-refractivity contribution in [1.29, 1.82) is 0 Å². The Hall–Kier alpha value is -2.95. The molecule has 1 aliphatic heterocycles. The second-order valence-electron chi connectivity index (χ2n) is 7.86. The van der Waals surface area contributed by atoms with E-state index in [0.717, 1.165) is 49.8 Å². The number of hydrogen-bond acceptors (Lipinski definition) is 3. The lowest BCUT2D eigenvalue weighted by molar-refractivity contribution is -0.134. The molecule has 0 radical (unpaired) electrons. The summed E-state index contributed by atoms with van der Waals surface area (Å²) in [4.78, 5) is 32.7. The summed E-state index contributed by atoms with van der Waals surface area (Å²) in [5.74, 6) is -0.327. The highest BCUT2D eigenvalue weighted by atomic mass is 16.2. The van der Waals surface area contributed by atoms with Crippen molar-refractivity contribution < 1.29 is 9.59 Å². The van der Waals surface area contributed by atoms with E-state index in [1.54, 1.807) is 4.90 Å². The van der Waals surface area contributed by atoms with Crippen LogP contribution in [0.2, 0.25) is 0 Å². The van der Waals surface area contributed by atoms with Crippen molar-refractivity contribution in [2.75, 3.05) is 11.9 Å². The number of rotatable bonds is 5. The first-order valence-corrected chi connectivity index (χ1v) is 10.5. The lowest BCUT2D eigenvalue weighted by Crippen LogP contribution is -2.51. The van der Waals surface area contributed by atoms with Gasteiger partial charge < -0.3 is 10.2 Å². The van der Waals surface area contributed by atoms with Crippen LogP contribution in [0.1, 0.15) is 50.2 Å². The van der Waals surface area contributed by atoms with Gasteiger partial charge in [0.1, 0.15) is 17.9 Å². The normalized spacial score (nSPS) is 18.0. The fourth-order valence-corrected chi connectivity index (χ4v) is 4.30. The van der Waals surface area contributed by atoms with E-state index < -0.39 is 5.66 Å². The second-order valence-corrected chi connectivity index (χ2v) is 7.86. The number of carbonyl (C=O) groups excluding carboxylic acids is 2. The molecule has 1 spiro atoms. The molecule has 0 unspecified atom stereocenters. The van der Waals surface area contributed by atoms with Gasteiger partial charge in [-0.05, 0) is 49.8 Å². The predicted molar refractivity (Wildman–Crippen MR) is 115 cm³/mol. The zero-order valence-electron chi connectivity index (χ0n) is 16.9. The first-order valence-electron chi connectivity index (χ1n) is 10.5. The van der Waals surface area contributed by atoms with E-state index in [2.05, 4.69) is 12.2 Å². The van der Waals surface area contributed by atoms with Crippen molar-refractivity contribution in [2.45, 2.75) is 51.1 Å². The fraction of sp³-hybridized carbons (Fsp3) is 0.375. The Labute approximate surface area is 171 Å². The van der Waals surface area contributed by atoms with Gasteiger partial charge in [0, 0.05) is 11.3 Å². The summed E-state index contributed by atoms with van der Waals surface area (Å²) < 4.78 is 0. The summed E-state index contributed by atoms with van der Waals surface area (Å²) in [6.45, 7) is 2.12. The van der Waals surface area contributed by atoms with E-state index in [0.29, 0.717) is 5.71 Å². The average molecular weight is 389 g/mol. The third-order valence-corrected chi connectivity index (χ3v) is 5.92. The predicted octanol–water partition coefficient (Wildman–Crippen LogP) is 4.18. The summed E-state index contributed by atoms with van der Waals surface area (Å²) in [7, 11) is 0. The number of nitrogens with zero attached hydrogens (tertiary/aromatic N) is 2. The van der Waals surface area contributed by atoms with Crippen LogP contribution in [0.3, 0.4) is 0 Å². The van der Waals surface area contributed by atoms with Crippen molar-refractivity contribution in [3.8, 4) is 0 Å². The summed E-state index contributed by atoms with van der Waals surface area (Å²) in [6.07, 6.45) is 5.78. The van der Waals surface area contributed by atoms with Crippen molar-refractivity contribution in [3.05, 3.63) is 65.7 Å². The first-order chi connectivity index (χ1) is 14.1. The van der Waals surface area contributed by atoms with Crippen LogP contribution in [-0.2, 0) is 16.0 Å². The minimum atomic E-state index is -0.579. The van der Waals surface area contributed by atoms with E-state index in [9.17, 15) is 9.59 Å². The highest BCUT2D eigenvalue weighted by Crippen LogP contribution is 2.39. The molecule has 29 heavy (non-hydrogen) atoms. The number of aryl methyl sites for hydroxylation is 1. The van der Waals surface area contributed by atoms with Crippen LogP contribution < -0.4 is 5.32 Å². The molecule has 1 fully saturated rings. The molecule has 1 saturated carbocycles. The van der Waals surface area contributed by atoms with E-state index in [1.807, 2.05) is 54.6 Å². The van der Waals surface area contributed by atoms with Crippen LogP contribution in [0.4, 0.5) is 5.69 Å². The molecule has 1 heterocycles. The zero-order valence-corrected chi connectivity index (χ0v) is 16.9. The van der Waals surface area contributed by atoms with Crippen LogP contribution in [0, 0.1) is 0 Å². The summed E-state index contributed by atoms with van der Waals surface area (Å²) in [5.41, 5.74) is 2.69. The quantitative estimate of drug-likeness (QED) is 0.834. The lowest BCUT2D eigenvalue weighted by Gasteiger charge is -2.38. The molecular weight excluding hydrogens is 362 g/mol. The number of carbonyl (C=O) groups is 2. The maximum atomic E-state index is 13.3. The van der Waals surface area contributed by atoms with Gasteiger partial charge in [-0.1, -0.05) is 55.8 Å². The molecule has 0 saturated heterocycles. The van der Waals surface area contributed by atoms with E-state index >= 15 is 0 Å². The number of benzene rings is 2. The zero-order chi connectivity index (χ0) is 20.3. The highest BCUT2D eigenvalue weighted by Gasteiger charge is 2.48. The molecular formula is C24H27N3O2. The van der Waals surface area contributed by atoms with Crippen LogP contribution in [0.5, 0.6) is 0 Å². The van der Waals surface area contributed by atoms with Crippen LogP contribution in [-0.4, -0.2) is 34.6 Å². The van der Waals surface area contributed by atoms with Crippen LogP contribution in [0.15, 0.2) is 59.6 Å². The Morgan fingerprint density at radius 3 is 2.38 bits per heavy atom. The molecule has 0 atom stereocenters. The number of amides is 2. The van der Waals surface area contributed by atoms with Gasteiger partial charge in [0.15, 0.2) is 0 Å². The van der Waals surface area contributed by atoms with Gasteiger partial charge in [0.2, 0.25) is 5.91 Å². The minimum Gasteiger partial charge on any atom is -0.325 e. The van der Waals surface area contributed by atoms with Crippen LogP contribution in [0.25, 0.3) is 0 Å². The van der Waals surface area contributed by atoms with Crippen molar-refractivity contribution in [1.82, 2.24) is 4.90 Å². The maximum absolute atomic E-state index is 13.3. The topological polar surface area (TPSA) is 61.8 Å². The Morgan fingerprint density at radius 2 is 1.72 bits per heavy atom. The van der Waals surface area contributed by atoms with Gasteiger partial charge in [-0.15, -0.1) is 0 Å². The first kappa shape index (κ1) is 19.4. The van der Waals surface area contributed by atoms with Gasteiger partial charge in [-0.2, -0.15) is 0 Å². The summed E-state index contributed by atoms with van der Waals surface area (Å²) in [6, 6.07) is 17.4. The molecule has 1 N–H and O–H groups in total.